The summed E-state index contributed by atoms with van der Waals surface area (Å²) in [6.07, 6.45) is 1.10. The van der Waals surface area contributed by atoms with Crippen LogP contribution in [0.3, 0.4) is 0 Å². The molecule has 34 heavy (non-hydrogen) atoms. The SMILES string of the molecule is COc1ccc(OC)c2c1C=C1CN(C(=O)OC(C)C)CC(=O)N1C2COCc1ccccc1. The van der Waals surface area contributed by atoms with Gasteiger partial charge in [0.05, 0.1) is 46.1 Å². The molecule has 2 aliphatic rings. The number of carbonyl (C=O) groups excluding carboxylic acids is 2. The van der Waals surface area contributed by atoms with E-state index in [2.05, 4.69) is 0 Å². The predicted molar refractivity (Wildman–Crippen MR) is 126 cm³/mol. The molecule has 0 spiro atoms. The summed E-state index contributed by atoms with van der Waals surface area (Å²) in [7, 11) is 3.21. The number of fused-ring (bicyclic) bond motifs is 2. The van der Waals surface area contributed by atoms with E-state index in [0.717, 1.165) is 16.7 Å². The molecule has 180 valence electrons. The van der Waals surface area contributed by atoms with Gasteiger partial charge in [-0.05, 0) is 37.6 Å². The fourth-order valence-corrected chi connectivity index (χ4v) is 4.38. The van der Waals surface area contributed by atoms with Crippen LogP contribution >= 0.6 is 0 Å². The van der Waals surface area contributed by atoms with Crippen LogP contribution in [0.25, 0.3) is 6.08 Å². The maximum atomic E-state index is 13.3. The van der Waals surface area contributed by atoms with Gasteiger partial charge >= 0.3 is 6.09 Å². The van der Waals surface area contributed by atoms with Crippen LogP contribution in [0.15, 0.2) is 48.2 Å². The highest BCUT2D eigenvalue weighted by Crippen LogP contribution is 2.45. The van der Waals surface area contributed by atoms with E-state index >= 15 is 0 Å². The normalized spacial score (nSPS) is 17.1. The van der Waals surface area contributed by atoms with Crippen LogP contribution in [0, 0.1) is 0 Å². The summed E-state index contributed by atoms with van der Waals surface area (Å²) < 4.78 is 22.7. The summed E-state index contributed by atoms with van der Waals surface area (Å²) in [6.45, 7) is 4.40. The smallest absolute Gasteiger partial charge is 0.410 e. The number of amides is 2. The number of hydrogen-bond acceptors (Lipinski definition) is 6. The molecule has 2 aliphatic heterocycles. The standard InChI is InChI=1S/C26H30N2O6/c1-17(2)34-26(30)27-13-19-12-20-22(31-3)10-11-23(32-4)25(20)21(28(19)24(29)14-27)16-33-15-18-8-6-5-7-9-18/h5-12,17,21H,13-16H2,1-4H3. The first kappa shape index (κ1) is 23.6. The molecule has 0 saturated carbocycles. The Labute approximate surface area is 199 Å². The molecule has 1 atom stereocenters. The van der Waals surface area contributed by atoms with Crippen LogP contribution in [0.1, 0.15) is 36.6 Å². The van der Waals surface area contributed by atoms with Gasteiger partial charge in [-0.2, -0.15) is 0 Å². The van der Waals surface area contributed by atoms with Crippen molar-refractivity contribution >= 4 is 18.1 Å². The molecule has 2 heterocycles. The van der Waals surface area contributed by atoms with Gasteiger partial charge < -0.3 is 23.8 Å². The summed E-state index contributed by atoms with van der Waals surface area (Å²) in [5.41, 5.74) is 3.36. The number of ether oxygens (including phenoxy) is 4. The molecule has 0 radical (unpaired) electrons. The van der Waals surface area contributed by atoms with Crippen molar-refractivity contribution in [3.8, 4) is 11.5 Å². The molecule has 1 fully saturated rings. The first-order valence-corrected chi connectivity index (χ1v) is 11.3. The molecule has 8 nitrogen and oxygen atoms in total. The molecule has 8 heteroatoms. The lowest BCUT2D eigenvalue weighted by molar-refractivity contribution is -0.136. The van der Waals surface area contributed by atoms with E-state index in [4.69, 9.17) is 18.9 Å². The maximum absolute atomic E-state index is 13.3. The first-order chi connectivity index (χ1) is 16.4. The van der Waals surface area contributed by atoms with E-state index in [1.165, 1.54) is 4.90 Å². The fraction of sp³-hybridized carbons (Fsp3) is 0.385. The van der Waals surface area contributed by atoms with Gasteiger partial charge in [-0.1, -0.05) is 30.3 Å². The van der Waals surface area contributed by atoms with Gasteiger partial charge in [0.15, 0.2) is 0 Å². The van der Waals surface area contributed by atoms with Crippen LogP contribution in [0.5, 0.6) is 11.5 Å². The quantitative estimate of drug-likeness (QED) is 0.614. The number of carbonyl (C=O) groups is 2. The molecule has 2 aromatic carbocycles. The van der Waals surface area contributed by atoms with Crippen molar-refractivity contribution in [2.75, 3.05) is 33.9 Å². The second-order valence-corrected chi connectivity index (χ2v) is 8.50. The third-order valence-corrected chi connectivity index (χ3v) is 5.84. The highest BCUT2D eigenvalue weighted by Gasteiger charge is 2.41. The molecule has 0 aliphatic carbocycles. The van der Waals surface area contributed by atoms with Crippen molar-refractivity contribution in [3.63, 3.8) is 0 Å². The second-order valence-electron chi connectivity index (χ2n) is 8.50. The Bertz CT molecular complexity index is 1080. The molecule has 0 N–H and O–H groups in total. The zero-order valence-corrected chi connectivity index (χ0v) is 19.9. The van der Waals surface area contributed by atoms with Gasteiger partial charge in [0.1, 0.15) is 18.0 Å². The first-order valence-electron chi connectivity index (χ1n) is 11.3. The predicted octanol–water partition coefficient (Wildman–Crippen LogP) is 4.01. The summed E-state index contributed by atoms with van der Waals surface area (Å²) in [5, 5.41) is 0. The minimum atomic E-state index is -0.510. The topological polar surface area (TPSA) is 77.5 Å². The van der Waals surface area contributed by atoms with E-state index in [1.807, 2.05) is 48.5 Å². The van der Waals surface area contributed by atoms with Crippen LogP contribution in [0.2, 0.25) is 0 Å². The summed E-state index contributed by atoms with van der Waals surface area (Å²) in [6, 6.07) is 13.1. The third kappa shape index (κ3) is 4.72. The van der Waals surface area contributed by atoms with Gasteiger partial charge in [0.2, 0.25) is 5.91 Å². The van der Waals surface area contributed by atoms with Crippen molar-refractivity contribution in [1.82, 2.24) is 9.80 Å². The Kier molecular flexibility index (Phi) is 7.07. The average molecular weight is 467 g/mol. The molecular formula is C26H30N2O6. The van der Waals surface area contributed by atoms with Crippen LogP contribution in [0.4, 0.5) is 4.79 Å². The Hall–Kier alpha value is -3.52. The number of hydrogen-bond donors (Lipinski definition) is 0. The van der Waals surface area contributed by atoms with Crippen LogP contribution < -0.4 is 9.47 Å². The zero-order valence-electron chi connectivity index (χ0n) is 19.9. The van der Waals surface area contributed by atoms with Crippen molar-refractivity contribution in [3.05, 3.63) is 64.9 Å². The van der Waals surface area contributed by atoms with Gasteiger partial charge in [0.25, 0.3) is 0 Å². The molecule has 0 aromatic heterocycles. The van der Waals surface area contributed by atoms with E-state index in [0.29, 0.717) is 23.8 Å². The number of piperazine rings is 1. The number of rotatable bonds is 7. The maximum Gasteiger partial charge on any atom is 0.410 e. The van der Waals surface area contributed by atoms with Crippen molar-refractivity contribution < 1.29 is 28.5 Å². The number of methoxy groups -OCH3 is 2. The molecular weight excluding hydrogens is 436 g/mol. The highest BCUT2D eigenvalue weighted by atomic mass is 16.6. The summed E-state index contributed by atoms with van der Waals surface area (Å²) >= 11 is 0. The molecule has 2 aromatic rings. The van der Waals surface area contributed by atoms with Gasteiger partial charge in [0, 0.05) is 16.8 Å². The van der Waals surface area contributed by atoms with Crippen molar-refractivity contribution in [2.45, 2.75) is 32.6 Å². The monoisotopic (exact) mass is 466 g/mol. The summed E-state index contributed by atoms with van der Waals surface area (Å²) in [4.78, 5) is 29.0. The minimum absolute atomic E-state index is 0.0697. The minimum Gasteiger partial charge on any atom is -0.496 e. The van der Waals surface area contributed by atoms with Gasteiger partial charge in [-0.15, -0.1) is 0 Å². The molecule has 0 bridgehead atoms. The molecule has 4 rings (SSSR count). The number of benzene rings is 2. The van der Waals surface area contributed by atoms with E-state index < -0.39 is 12.1 Å². The highest BCUT2D eigenvalue weighted by molar-refractivity contribution is 5.89. The average Bonchev–Trinajstić information content (AvgIpc) is 2.82. The van der Waals surface area contributed by atoms with E-state index in [9.17, 15) is 9.59 Å². The zero-order chi connectivity index (χ0) is 24.2. The second kappa shape index (κ2) is 10.2. The lowest BCUT2D eigenvalue weighted by Gasteiger charge is -2.43. The van der Waals surface area contributed by atoms with E-state index in [-0.39, 0.29) is 31.7 Å². The Morgan fingerprint density at radius 1 is 1.03 bits per heavy atom. The third-order valence-electron chi connectivity index (χ3n) is 5.84. The van der Waals surface area contributed by atoms with Gasteiger partial charge in [-0.25, -0.2) is 4.79 Å². The molecule has 1 unspecified atom stereocenters. The lowest BCUT2D eigenvalue weighted by Crippen LogP contribution is -2.53. The van der Waals surface area contributed by atoms with E-state index in [1.54, 1.807) is 33.0 Å². The van der Waals surface area contributed by atoms with Crippen LogP contribution in [-0.4, -0.2) is 61.8 Å². The van der Waals surface area contributed by atoms with Crippen molar-refractivity contribution in [1.29, 1.82) is 0 Å². The fourth-order valence-electron chi connectivity index (χ4n) is 4.38. The van der Waals surface area contributed by atoms with Crippen molar-refractivity contribution in [2.24, 2.45) is 0 Å². The van der Waals surface area contributed by atoms with Gasteiger partial charge in [-0.3, -0.25) is 9.69 Å². The summed E-state index contributed by atoms with van der Waals surface area (Å²) in [5.74, 6) is 1.10. The molecule has 2 amide bonds. The van der Waals surface area contributed by atoms with Crippen LogP contribution in [-0.2, 0) is 20.9 Å². The molecule has 1 saturated heterocycles. The Balaban J connectivity index is 1.69. The largest absolute Gasteiger partial charge is 0.496 e. The number of nitrogens with zero attached hydrogens (tertiary/aromatic N) is 2. The Morgan fingerprint density at radius 3 is 2.41 bits per heavy atom. The lowest BCUT2D eigenvalue weighted by atomic mass is 9.91. The Morgan fingerprint density at radius 2 is 1.74 bits per heavy atom.